The van der Waals surface area contributed by atoms with Gasteiger partial charge in [-0.25, -0.2) is 4.98 Å². The zero-order chi connectivity index (χ0) is 19.0. The van der Waals surface area contributed by atoms with Gasteiger partial charge in [0.2, 0.25) is 5.91 Å². The summed E-state index contributed by atoms with van der Waals surface area (Å²) in [5.74, 6) is 1.02. The van der Waals surface area contributed by atoms with Gasteiger partial charge in [-0.05, 0) is 38.1 Å². The number of likely N-dealkylation sites (tertiary alicyclic amines) is 1. The number of hydrogen-bond donors (Lipinski definition) is 1. The molecule has 1 aliphatic heterocycles. The number of likely N-dealkylation sites (N-methyl/N-ethyl adjacent to an activating group) is 1. The van der Waals surface area contributed by atoms with Gasteiger partial charge in [0.15, 0.2) is 11.5 Å². The number of piperidine rings is 1. The number of nitrogens with one attached hydrogen (secondary N) is 1. The molecule has 1 amide bonds. The molecule has 1 N–H and O–H groups in total. The molecule has 8 heteroatoms. The highest BCUT2D eigenvalue weighted by Gasteiger charge is 2.31. The van der Waals surface area contributed by atoms with Crippen LogP contribution >= 0.6 is 11.6 Å². The highest BCUT2D eigenvalue weighted by atomic mass is 35.5. The van der Waals surface area contributed by atoms with Crippen LogP contribution in [0.3, 0.4) is 0 Å². The second-order valence-corrected chi connectivity index (χ2v) is 7.37. The maximum Gasteiger partial charge on any atom is 0.244 e. The van der Waals surface area contributed by atoms with E-state index in [-0.39, 0.29) is 17.9 Å². The molecule has 1 aliphatic rings. The molecule has 1 aromatic carbocycles. The molecule has 2 aromatic heterocycles. The van der Waals surface area contributed by atoms with Crippen LogP contribution in [0, 0.1) is 0 Å². The molecule has 0 bridgehead atoms. The molecule has 4 rings (SSSR count). The van der Waals surface area contributed by atoms with Crippen LogP contribution in [0.4, 0.5) is 0 Å². The van der Waals surface area contributed by atoms with Crippen molar-refractivity contribution in [1.82, 2.24) is 25.0 Å². The zero-order valence-corrected chi connectivity index (χ0v) is 16.1. The average molecular weight is 388 g/mol. The molecule has 0 radical (unpaired) electrons. The topological polar surface area (TPSA) is 76.2 Å². The summed E-state index contributed by atoms with van der Waals surface area (Å²) in [5, 5.41) is 7.92. The van der Waals surface area contributed by atoms with Crippen molar-refractivity contribution >= 4 is 28.6 Å². The first kappa shape index (κ1) is 18.0. The smallest absolute Gasteiger partial charge is 0.244 e. The molecule has 1 saturated heterocycles. The monoisotopic (exact) mass is 387 g/mol. The summed E-state index contributed by atoms with van der Waals surface area (Å²) >= 11 is 6.03. The number of carbonyl (C=O) groups is 1. The molecule has 0 aliphatic carbocycles. The van der Waals surface area contributed by atoms with Gasteiger partial charge >= 0.3 is 0 Å². The summed E-state index contributed by atoms with van der Waals surface area (Å²) in [6.07, 6.45) is 5.26. The summed E-state index contributed by atoms with van der Waals surface area (Å²) in [4.78, 5) is 19.4. The predicted molar refractivity (Wildman–Crippen MR) is 103 cm³/mol. The van der Waals surface area contributed by atoms with Crippen LogP contribution in [0.25, 0.3) is 11.1 Å². The Morgan fingerprint density at radius 1 is 1.37 bits per heavy atom. The zero-order valence-electron chi connectivity index (χ0n) is 15.4. The largest absolute Gasteiger partial charge is 0.440 e. The maximum absolute atomic E-state index is 12.9. The number of aromatic nitrogens is 3. The standard InChI is InChI=1S/C19H22ClN5O2/c1-21-17(13-10-22-24(2)11-13)19(26)25-7-5-12(6-8-25)18-23-15-9-14(20)3-4-16(15)27-18/h3-4,9-12,17,21H,5-8H2,1-2H3. The normalized spacial score (nSPS) is 16.8. The number of rotatable bonds is 4. The highest BCUT2D eigenvalue weighted by Crippen LogP contribution is 2.31. The minimum Gasteiger partial charge on any atom is -0.440 e. The molecule has 7 nitrogen and oxygen atoms in total. The quantitative estimate of drug-likeness (QED) is 0.744. The van der Waals surface area contributed by atoms with Gasteiger partial charge in [-0.2, -0.15) is 5.10 Å². The SMILES string of the molecule is CNC(C(=O)N1CCC(c2nc3cc(Cl)ccc3o2)CC1)c1cnn(C)c1. The number of hydrogen-bond acceptors (Lipinski definition) is 5. The van der Waals surface area contributed by atoms with Gasteiger partial charge in [-0.15, -0.1) is 0 Å². The summed E-state index contributed by atoms with van der Waals surface area (Å²) < 4.78 is 7.61. The molecule has 1 atom stereocenters. The summed E-state index contributed by atoms with van der Waals surface area (Å²) in [7, 11) is 3.64. The Kier molecular flexibility index (Phi) is 4.88. The van der Waals surface area contributed by atoms with Gasteiger partial charge in [0.05, 0.1) is 6.20 Å². The third kappa shape index (κ3) is 3.57. The number of nitrogens with zero attached hydrogens (tertiary/aromatic N) is 4. The van der Waals surface area contributed by atoms with E-state index in [0.717, 1.165) is 35.4 Å². The fraction of sp³-hybridized carbons (Fsp3) is 0.421. The van der Waals surface area contributed by atoms with E-state index in [4.69, 9.17) is 16.0 Å². The van der Waals surface area contributed by atoms with E-state index in [1.807, 2.05) is 30.3 Å². The van der Waals surface area contributed by atoms with Crippen molar-refractivity contribution in [3.63, 3.8) is 0 Å². The maximum atomic E-state index is 12.9. The van der Waals surface area contributed by atoms with E-state index in [1.54, 1.807) is 24.0 Å². The van der Waals surface area contributed by atoms with Crippen molar-refractivity contribution < 1.29 is 9.21 Å². The van der Waals surface area contributed by atoms with E-state index in [9.17, 15) is 4.79 Å². The minimum absolute atomic E-state index is 0.0771. The Balaban J connectivity index is 1.43. The molecule has 1 fully saturated rings. The number of oxazole rings is 1. The van der Waals surface area contributed by atoms with Crippen LogP contribution in [-0.2, 0) is 11.8 Å². The van der Waals surface area contributed by atoms with Gasteiger partial charge < -0.3 is 14.6 Å². The first-order chi connectivity index (χ1) is 13.0. The molecule has 0 saturated carbocycles. The number of fused-ring (bicyclic) bond motifs is 1. The third-order valence-corrected chi connectivity index (χ3v) is 5.35. The lowest BCUT2D eigenvalue weighted by Gasteiger charge is -2.33. The molecule has 3 heterocycles. The second-order valence-electron chi connectivity index (χ2n) is 6.93. The molecule has 142 valence electrons. The van der Waals surface area contributed by atoms with Gasteiger partial charge in [0.25, 0.3) is 0 Å². The molecular weight excluding hydrogens is 366 g/mol. The lowest BCUT2D eigenvalue weighted by molar-refractivity contribution is -0.134. The van der Waals surface area contributed by atoms with Crippen molar-refractivity contribution in [2.45, 2.75) is 24.8 Å². The van der Waals surface area contributed by atoms with E-state index in [2.05, 4.69) is 15.4 Å². The first-order valence-corrected chi connectivity index (χ1v) is 9.43. The van der Waals surface area contributed by atoms with Crippen LogP contribution < -0.4 is 5.32 Å². The van der Waals surface area contributed by atoms with E-state index >= 15 is 0 Å². The van der Waals surface area contributed by atoms with Crippen molar-refractivity contribution in [1.29, 1.82) is 0 Å². The number of halogens is 1. The van der Waals surface area contributed by atoms with Crippen molar-refractivity contribution in [2.24, 2.45) is 7.05 Å². The van der Waals surface area contributed by atoms with Gasteiger partial charge in [0, 0.05) is 42.8 Å². The fourth-order valence-electron chi connectivity index (χ4n) is 3.64. The number of aryl methyl sites for hydroxylation is 1. The Bertz CT molecular complexity index is 958. The number of benzene rings is 1. The van der Waals surface area contributed by atoms with Gasteiger partial charge in [0.1, 0.15) is 11.6 Å². The molecule has 1 unspecified atom stereocenters. The summed E-state index contributed by atoms with van der Waals surface area (Å²) in [6.45, 7) is 1.36. The van der Waals surface area contributed by atoms with Crippen LogP contribution in [-0.4, -0.2) is 45.7 Å². The summed E-state index contributed by atoms with van der Waals surface area (Å²) in [5.41, 5.74) is 2.41. The fourth-order valence-corrected chi connectivity index (χ4v) is 3.81. The minimum atomic E-state index is -0.373. The highest BCUT2D eigenvalue weighted by molar-refractivity contribution is 6.31. The van der Waals surface area contributed by atoms with E-state index in [0.29, 0.717) is 18.1 Å². The molecular formula is C19H22ClN5O2. The van der Waals surface area contributed by atoms with Crippen molar-refractivity contribution in [3.8, 4) is 0 Å². The van der Waals surface area contributed by atoms with Gasteiger partial charge in [-0.3, -0.25) is 9.48 Å². The average Bonchev–Trinajstić information content (AvgIpc) is 3.28. The Morgan fingerprint density at radius 3 is 2.81 bits per heavy atom. The predicted octanol–water partition coefficient (Wildman–Crippen LogP) is 2.88. The Labute approximate surface area is 162 Å². The number of carbonyl (C=O) groups excluding carboxylic acids is 1. The molecule has 0 spiro atoms. The molecule has 27 heavy (non-hydrogen) atoms. The van der Waals surface area contributed by atoms with Crippen molar-refractivity contribution in [2.75, 3.05) is 20.1 Å². The Hall–Kier alpha value is -2.38. The summed E-state index contributed by atoms with van der Waals surface area (Å²) in [6, 6.07) is 5.09. The Morgan fingerprint density at radius 2 is 2.15 bits per heavy atom. The van der Waals surface area contributed by atoms with Crippen LogP contribution in [0.1, 0.15) is 36.3 Å². The third-order valence-electron chi connectivity index (χ3n) is 5.12. The van der Waals surface area contributed by atoms with Gasteiger partial charge in [-0.1, -0.05) is 11.6 Å². The lowest BCUT2D eigenvalue weighted by Crippen LogP contribution is -2.43. The van der Waals surface area contributed by atoms with E-state index < -0.39 is 0 Å². The van der Waals surface area contributed by atoms with E-state index in [1.165, 1.54) is 0 Å². The molecule has 3 aromatic rings. The second kappa shape index (κ2) is 7.32. The first-order valence-electron chi connectivity index (χ1n) is 9.05. The van der Waals surface area contributed by atoms with Crippen molar-refractivity contribution in [3.05, 3.63) is 47.1 Å². The van der Waals surface area contributed by atoms with Crippen LogP contribution in [0.5, 0.6) is 0 Å². The van der Waals surface area contributed by atoms with Crippen LogP contribution in [0.2, 0.25) is 5.02 Å². The lowest BCUT2D eigenvalue weighted by atomic mass is 9.96. The number of amides is 1. The van der Waals surface area contributed by atoms with Crippen LogP contribution in [0.15, 0.2) is 35.0 Å².